The lowest BCUT2D eigenvalue weighted by Crippen LogP contribution is -2.51. The smallest absolute Gasteiger partial charge is 0.321 e. The van der Waals surface area contributed by atoms with E-state index in [0.717, 1.165) is 37.1 Å². The number of rotatable bonds is 5. The van der Waals surface area contributed by atoms with Crippen molar-refractivity contribution >= 4 is 17.7 Å². The molecule has 1 saturated heterocycles. The molecule has 3 N–H and O–H groups in total. The van der Waals surface area contributed by atoms with Crippen molar-refractivity contribution < 1.29 is 14.3 Å². The quantitative estimate of drug-likeness (QED) is 0.693. The Labute approximate surface area is 173 Å². The molecule has 0 unspecified atom stereocenters. The molecule has 0 radical (unpaired) electrons. The van der Waals surface area contributed by atoms with Crippen LogP contribution in [0.25, 0.3) is 0 Å². The first kappa shape index (κ1) is 21.3. The van der Waals surface area contributed by atoms with Gasteiger partial charge in [0.2, 0.25) is 0 Å². The minimum absolute atomic E-state index is 0.0662. The summed E-state index contributed by atoms with van der Waals surface area (Å²) in [5.41, 5.74) is 0.748. The fraction of sp³-hybridized carbons (Fsp3) is 0.636. The van der Waals surface area contributed by atoms with Crippen LogP contribution < -0.4 is 20.7 Å². The van der Waals surface area contributed by atoms with Crippen molar-refractivity contribution in [2.24, 2.45) is 0 Å². The number of anilines is 1. The van der Waals surface area contributed by atoms with Crippen LogP contribution in [0.4, 0.5) is 15.3 Å². The molecule has 1 aromatic carbocycles. The van der Waals surface area contributed by atoms with Gasteiger partial charge in [-0.2, -0.15) is 0 Å². The maximum Gasteiger partial charge on any atom is 0.321 e. The summed E-state index contributed by atoms with van der Waals surface area (Å²) < 4.78 is 5.62. The number of hydrogen-bond donors (Lipinski definition) is 3. The van der Waals surface area contributed by atoms with E-state index in [4.69, 9.17) is 4.74 Å². The Morgan fingerprint density at radius 2 is 1.52 bits per heavy atom. The lowest BCUT2D eigenvalue weighted by Gasteiger charge is -2.33. The van der Waals surface area contributed by atoms with Crippen LogP contribution in [0.5, 0.6) is 5.75 Å². The van der Waals surface area contributed by atoms with Crippen molar-refractivity contribution in [3.63, 3.8) is 0 Å². The molecule has 0 aromatic heterocycles. The summed E-state index contributed by atoms with van der Waals surface area (Å²) in [4.78, 5) is 26.5. The molecule has 2 fully saturated rings. The molecule has 1 aromatic rings. The average Bonchev–Trinajstić information content (AvgIpc) is 2.70. The van der Waals surface area contributed by atoms with E-state index in [1.807, 2.05) is 38.1 Å². The number of hydrogen-bond acceptors (Lipinski definition) is 3. The van der Waals surface area contributed by atoms with E-state index in [1.165, 1.54) is 19.3 Å². The maximum absolute atomic E-state index is 12.5. The first-order chi connectivity index (χ1) is 14.0. The maximum atomic E-state index is 12.5. The molecule has 1 heterocycles. The van der Waals surface area contributed by atoms with E-state index in [0.29, 0.717) is 19.1 Å². The number of nitrogens with zero attached hydrogens (tertiary/aromatic N) is 1. The van der Waals surface area contributed by atoms with Crippen molar-refractivity contribution in [1.29, 1.82) is 0 Å². The third kappa shape index (κ3) is 6.84. The summed E-state index contributed by atoms with van der Waals surface area (Å²) in [6.45, 7) is 5.23. The zero-order chi connectivity index (χ0) is 20.6. The zero-order valence-corrected chi connectivity index (χ0v) is 17.6. The highest BCUT2D eigenvalue weighted by Gasteiger charge is 2.25. The molecule has 0 bridgehead atoms. The Morgan fingerprint density at radius 3 is 2.10 bits per heavy atom. The molecule has 0 spiro atoms. The second-order valence-electron chi connectivity index (χ2n) is 8.34. The van der Waals surface area contributed by atoms with E-state index in [1.54, 1.807) is 4.90 Å². The Morgan fingerprint density at radius 1 is 0.931 bits per heavy atom. The number of likely N-dealkylation sites (tertiary alicyclic amines) is 1. The van der Waals surface area contributed by atoms with Gasteiger partial charge in [0.15, 0.2) is 0 Å². The standard InChI is InChI=1S/C22H34N4O3/c1-16(2)29-20-10-8-18(9-11-20)25-22(28)26-14-12-19(13-15-26)24-21(27)23-17-6-4-3-5-7-17/h8-11,16-17,19H,3-7,12-15H2,1-2H3,(H,25,28)(H2,23,24,27). The molecule has 1 saturated carbocycles. The van der Waals surface area contributed by atoms with Crippen LogP contribution in [0.1, 0.15) is 58.8 Å². The normalized spacial score (nSPS) is 18.4. The number of ether oxygens (including phenoxy) is 1. The first-order valence-corrected chi connectivity index (χ1v) is 10.9. The van der Waals surface area contributed by atoms with Crippen LogP contribution in [-0.2, 0) is 0 Å². The van der Waals surface area contributed by atoms with Gasteiger partial charge in [-0.25, -0.2) is 9.59 Å². The van der Waals surface area contributed by atoms with Gasteiger partial charge in [-0.05, 0) is 63.8 Å². The predicted octanol–water partition coefficient (Wildman–Crippen LogP) is 4.10. The number of carbonyl (C=O) groups is 2. The number of urea groups is 2. The number of carbonyl (C=O) groups excluding carboxylic acids is 2. The molecule has 2 aliphatic rings. The van der Waals surface area contributed by atoms with Crippen LogP contribution in [0.2, 0.25) is 0 Å². The summed E-state index contributed by atoms with van der Waals surface area (Å²) in [7, 11) is 0. The molecule has 1 aliphatic heterocycles. The Bertz CT molecular complexity index is 663. The predicted molar refractivity (Wildman–Crippen MR) is 114 cm³/mol. The first-order valence-electron chi connectivity index (χ1n) is 10.9. The molecular formula is C22H34N4O3. The summed E-state index contributed by atoms with van der Waals surface area (Å²) in [5.74, 6) is 0.788. The molecule has 7 nitrogen and oxygen atoms in total. The highest BCUT2D eigenvalue weighted by molar-refractivity contribution is 5.89. The topological polar surface area (TPSA) is 82.7 Å². The van der Waals surface area contributed by atoms with Gasteiger partial charge in [0.25, 0.3) is 0 Å². The Hall–Kier alpha value is -2.44. The van der Waals surface area contributed by atoms with Crippen molar-refractivity contribution in [1.82, 2.24) is 15.5 Å². The summed E-state index contributed by atoms with van der Waals surface area (Å²) in [5, 5.41) is 9.10. The number of amides is 4. The second-order valence-corrected chi connectivity index (χ2v) is 8.34. The lowest BCUT2D eigenvalue weighted by atomic mass is 9.96. The molecule has 0 atom stereocenters. The monoisotopic (exact) mass is 402 g/mol. The fourth-order valence-electron chi connectivity index (χ4n) is 3.98. The van der Waals surface area contributed by atoms with E-state index in [-0.39, 0.29) is 24.2 Å². The van der Waals surface area contributed by atoms with E-state index in [2.05, 4.69) is 16.0 Å². The van der Waals surface area contributed by atoms with Gasteiger partial charge in [0.05, 0.1) is 6.10 Å². The molecule has 160 valence electrons. The molecule has 1 aliphatic carbocycles. The van der Waals surface area contributed by atoms with Gasteiger partial charge in [-0.3, -0.25) is 0 Å². The van der Waals surface area contributed by atoms with Gasteiger partial charge < -0.3 is 25.6 Å². The van der Waals surface area contributed by atoms with Crippen LogP contribution in [0.3, 0.4) is 0 Å². The molecule has 29 heavy (non-hydrogen) atoms. The van der Waals surface area contributed by atoms with Gasteiger partial charge in [0.1, 0.15) is 5.75 Å². The van der Waals surface area contributed by atoms with Crippen LogP contribution in [-0.4, -0.2) is 48.2 Å². The minimum Gasteiger partial charge on any atom is -0.491 e. The Balaban J connectivity index is 1.38. The summed E-state index contributed by atoms with van der Waals surface area (Å²) in [6.07, 6.45) is 7.50. The van der Waals surface area contributed by atoms with Crippen LogP contribution in [0, 0.1) is 0 Å². The van der Waals surface area contributed by atoms with Crippen LogP contribution in [0.15, 0.2) is 24.3 Å². The number of piperidine rings is 1. The largest absolute Gasteiger partial charge is 0.491 e. The fourth-order valence-corrected chi connectivity index (χ4v) is 3.98. The second kappa shape index (κ2) is 10.4. The van der Waals surface area contributed by atoms with Gasteiger partial charge in [-0.15, -0.1) is 0 Å². The molecule has 7 heteroatoms. The van der Waals surface area contributed by atoms with E-state index >= 15 is 0 Å². The van der Waals surface area contributed by atoms with E-state index in [9.17, 15) is 9.59 Å². The zero-order valence-electron chi connectivity index (χ0n) is 17.6. The van der Waals surface area contributed by atoms with Gasteiger partial charge >= 0.3 is 12.1 Å². The third-order valence-electron chi connectivity index (χ3n) is 5.54. The van der Waals surface area contributed by atoms with Crippen molar-refractivity contribution in [2.45, 2.75) is 77.0 Å². The number of benzene rings is 1. The molecular weight excluding hydrogens is 368 g/mol. The summed E-state index contributed by atoms with van der Waals surface area (Å²) >= 11 is 0. The molecule has 3 rings (SSSR count). The highest BCUT2D eigenvalue weighted by atomic mass is 16.5. The van der Waals surface area contributed by atoms with Crippen molar-refractivity contribution in [3.8, 4) is 5.75 Å². The average molecular weight is 403 g/mol. The van der Waals surface area contributed by atoms with Gasteiger partial charge in [-0.1, -0.05) is 19.3 Å². The van der Waals surface area contributed by atoms with Crippen molar-refractivity contribution in [3.05, 3.63) is 24.3 Å². The highest BCUT2D eigenvalue weighted by Crippen LogP contribution is 2.19. The minimum atomic E-state index is -0.104. The van der Waals surface area contributed by atoms with Crippen molar-refractivity contribution in [2.75, 3.05) is 18.4 Å². The number of nitrogens with one attached hydrogen (secondary N) is 3. The SMILES string of the molecule is CC(C)Oc1ccc(NC(=O)N2CCC(NC(=O)NC3CCCCC3)CC2)cc1. The molecule has 4 amide bonds. The van der Waals surface area contributed by atoms with E-state index < -0.39 is 0 Å². The Kier molecular flexibility index (Phi) is 7.61. The van der Waals surface area contributed by atoms with Gasteiger partial charge in [0, 0.05) is 30.9 Å². The third-order valence-corrected chi connectivity index (χ3v) is 5.54. The van der Waals surface area contributed by atoms with Crippen LogP contribution >= 0.6 is 0 Å². The summed E-state index contributed by atoms with van der Waals surface area (Å²) in [6, 6.07) is 7.67. The lowest BCUT2D eigenvalue weighted by molar-refractivity contribution is 0.186.